The molecule has 0 amide bonds. The number of hydrogen-bond donors (Lipinski definition) is 1. The maximum atomic E-state index is 10.2. The van der Waals surface area contributed by atoms with Gasteiger partial charge in [-0.05, 0) is 35.9 Å². The van der Waals surface area contributed by atoms with E-state index in [2.05, 4.69) is 10.1 Å². The SMILES string of the molecule is OC(Cn1cncn1)c1ccc(Oc2ccc(Cl)cc2Cl)cc1. The molecule has 3 aromatic rings. The van der Waals surface area contributed by atoms with Crippen molar-refractivity contribution in [2.24, 2.45) is 0 Å². The van der Waals surface area contributed by atoms with Crippen molar-refractivity contribution in [2.45, 2.75) is 12.6 Å². The fraction of sp³-hybridized carbons (Fsp3) is 0.125. The van der Waals surface area contributed by atoms with E-state index in [0.717, 1.165) is 5.56 Å². The van der Waals surface area contributed by atoms with Gasteiger partial charge in [-0.1, -0.05) is 35.3 Å². The van der Waals surface area contributed by atoms with Crippen molar-refractivity contribution < 1.29 is 9.84 Å². The standard InChI is InChI=1S/C16H13Cl2N3O2/c17-12-3-6-16(14(18)7-12)23-13-4-1-11(2-5-13)15(22)8-21-10-19-9-20-21/h1-7,9-10,15,22H,8H2. The number of rotatable bonds is 5. The van der Waals surface area contributed by atoms with E-state index in [1.54, 1.807) is 53.5 Å². The summed E-state index contributed by atoms with van der Waals surface area (Å²) < 4.78 is 7.28. The van der Waals surface area contributed by atoms with E-state index in [1.165, 1.54) is 6.33 Å². The Hall–Kier alpha value is -2.08. The first-order valence-corrected chi connectivity index (χ1v) is 7.61. The van der Waals surface area contributed by atoms with Crippen molar-refractivity contribution >= 4 is 23.2 Å². The minimum absolute atomic E-state index is 0.337. The molecule has 1 aromatic heterocycles. The topological polar surface area (TPSA) is 60.2 Å². The highest BCUT2D eigenvalue weighted by Gasteiger charge is 2.10. The van der Waals surface area contributed by atoms with Crippen LogP contribution in [0.5, 0.6) is 11.5 Å². The zero-order valence-electron chi connectivity index (χ0n) is 11.9. The van der Waals surface area contributed by atoms with Gasteiger partial charge in [-0.2, -0.15) is 5.10 Å². The summed E-state index contributed by atoms with van der Waals surface area (Å²) in [6.45, 7) is 0.337. The molecule has 2 aromatic carbocycles. The number of halogens is 2. The number of nitrogens with zero attached hydrogens (tertiary/aromatic N) is 3. The molecule has 23 heavy (non-hydrogen) atoms. The van der Waals surface area contributed by atoms with Gasteiger partial charge in [-0.3, -0.25) is 4.68 Å². The third-order valence-electron chi connectivity index (χ3n) is 3.21. The normalized spacial score (nSPS) is 12.1. The first kappa shape index (κ1) is 15.8. The van der Waals surface area contributed by atoms with Crippen molar-refractivity contribution in [1.29, 1.82) is 0 Å². The van der Waals surface area contributed by atoms with Crippen molar-refractivity contribution in [3.63, 3.8) is 0 Å². The van der Waals surface area contributed by atoms with Gasteiger partial charge in [-0.15, -0.1) is 0 Å². The largest absolute Gasteiger partial charge is 0.456 e. The summed E-state index contributed by atoms with van der Waals surface area (Å²) in [5.74, 6) is 1.14. The minimum Gasteiger partial charge on any atom is -0.456 e. The van der Waals surface area contributed by atoms with Gasteiger partial charge in [-0.25, -0.2) is 4.98 Å². The maximum Gasteiger partial charge on any atom is 0.146 e. The van der Waals surface area contributed by atoms with E-state index in [9.17, 15) is 5.11 Å². The van der Waals surface area contributed by atoms with Crippen LogP contribution < -0.4 is 4.74 Å². The van der Waals surface area contributed by atoms with Crippen LogP contribution in [-0.4, -0.2) is 19.9 Å². The molecule has 118 valence electrons. The van der Waals surface area contributed by atoms with E-state index in [1.807, 2.05) is 0 Å². The second-order valence-corrected chi connectivity index (χ2v) is 5.72. The summed E-state index contributed by atoms with van der Waals surface area (Å²) in [7, 11) is 0. The van der Waals surface area contributed by atoms with E-state index in [0.29, 0.717) is 28.1 Å². The highest BCUT2D eigenvalue weighted by atomic mass is 35.5. The zero-order chi connectivity index (χ0) is 16.2. The lowest BCUT2D eigenvalue weighted by Crippen LogP contribution is -2.08. The molecular weight excluding hydrogens is 337 g/mol. The molecule has 0 bridgehead atoms. The first-order chi connectivity index (χ1) is 11.1. The molecule has 3 rings (SSSR count). The monoisotopic (exact) mass is 349 g/mol. The van der Waals surface area contributed by atoms with Crippen LogP contribution in [0.1, 0.15) is 11.7 Å². The van der Waals surface area contributed by atoms with Crippen LogP contribution in [-0.2, 0) is 6.54 Å². The lowest BCUT2D eigenvalue weighted by molar-refractivity contribution is 0.151. The van der Waals surface area contributed by atoms with E-state index >= 15 is 0 Å². The molecule has 5 nitrogen and oxygen atoms in total. The molecule has 0 saturated heterocycles. The molecule has 1 heterocycles. The van der Waals surface area contributed by atoms with Gasteiger partial charge < -0.3 is 9.84 Å². The summed E-state index contributed by atoms with van der Waals surface area (Å²) in [5.41, 5.74) is 0.759. The second-order valence-electron chi connectivity index (χ2n) is 4.88. The molecule has 1 unspecified atom stereocenters. The molecule has 0 saturated carbocycles. The van der Waals surface area contributed by atoms with Crippen LogP contribution >= 0.6 is 23.2 Å². The van der Waals surface area contributed by atoms with Gasteiger partial charge >= 0.3 is 0 Å². The molecule has 0 aliphatic carbocycles. The number of aromatic nitrogens is 3. The van der Waals surface area contributed by atoms with Crippen LogP contribution in [0.25, 0.3) is 0 Å². The molecule has 0 aliphatic rings. The predicted octanol–water partition coefficient (Wildman–Crippen LogP) is 4.11. The van der Waals surface area contributed by atoms with Gasteiger partial charge in [0.1, 0.15) is 24.2 Å². The quantitative estimate of drug-likeness (QED) is 0.752. The molecule has 7 heteroatoms. The van der Waals surface area contributed by atoms with Crippen molar-refractivity contribution in [3.05, 3.63) is 70.7 Å². The summed E-state index contributed by atoms with van der Waals surface area (Å²) in [6.07, 6.45) is 2.31. The second kappa shape index (κ2) is 7.00. The Morgan fingerprint density at radius 1 is 1.13 bits per heavy atom. The Bertz CT molecular complexity index is 777. The highest BCUT2D eigenvalue weighted by Crippen LogP contribution is 2.32. The number of benzene rings is 2. The van der Waals surface area contributed by atoms with Gasteiger partial charge in [0.25, 0.3) is 0 Å². The van der Waals surface area contributed by atoms with Gasteiger partial charge in [0.05, 0.1) is 17.7 Å². The summed E-state index contributed by atoms with van der Waals surface area (Å²) in [6, 6.07) is 12.2. The molecule has 0 aliphatic heterocycles. The molecule has 1 atom stereocenters. The zero-order valence-corrected chi connectivity index (χ0v) is 13.4. The van der Waals surface area contributed by atoms with Crippen molar-refractivity contribution in [2.75, 3.05) is 0 Å². The molecule has 0 spiro atoms. The van der Waals surface area contributed by atoms with Crippen molar-refractivity contribution in [3.8, 4) is 11.5 Å². The molecular formula is C16H13Cl2N3O2. The fourth-order valence-corrected chi connectivity index (χ4v) is 2.50. The van der Waals surface area contributed by atoms with Crippen LogP contribution in [0.2, 0.25) is 10.0 Å². The number of aliphatic hydroxyl groups excluding tert-OH is 1. The summed E-state index contributed by atoms with van der Waals surface area (Å²) >= 11 is 11.9. The Kier molecular flexibility index (Phi) is 4.81. The molecule has 0 radical (unpaired) electrons. The van der Waals surface area contributed by atoms with Gasteiger partial charge in [0.15, 0.2) is 0 Å². The van der Waals surface area contributed by atoms with Crippen LogP contribution in [0.3, 0.4) is 0 Å². The van der Waals surface area contributed by atoms with Gasteiger partial charge in [0.2, 0.25) is 0 Å². The summed E-state index contributed by atoms with van der Waals surface area (Å²) in [5, 5.41) is 15.1. The third-order valence-corrected chi connectivity index (χ3v) is 3.74. The smallest absolute Gasteiger partial charge is 0.146 e. The van der Waals surface area contributed by atoms with Crippen LogP contribution in [0.15, 0.2) is 55.1 Å². The van der Waals surface area contributed by atoms with E-state index in [4.69, 9.17) is 27.9 Å². The number of hydrogen-bond acceptors (Lipinski definition) is 4. The van der Waals surface area contributed by atoms with Crippen LogP contribution in [0.4, 0.5) is 0 Å². The van der Waals surface area contributed by atoms with E-state index < -0.39 is 6.10 Å². The van der Waals surface area contributed by atoms with Crippen LogP contribution in [0, 0.1) is 0 Å². The average Bonchev–Trinajstić information content (AvgIpc) is 3.04. The lowest BCUT2D eigenvalue weighted by Gasteiger charge is -2.12. The fourth-order valence-electron chi connectivity index (χ4n) is 2.05. The minimum atomic E-state index is -0.676. The predicted molar refractivity (Wildman–Crippen MR) is 88.0 cm³/mol. The number of aliphatic hydroxyl groups is 1. The molecule has 0 fully saturated rings. The lowest BCUT2D eigenvalue weighted by atomic mass is 10.1. The molecule has 1 N–H and O–H groups in total. The number of ether oxygens (including phenoxy) is 1. The van der Waals surface area contributed by atoms with E-state index in [-0.39, 0.29) is 0 Å². The Labute approximate surface area is 143 Å². The maximum absolute atomic E-state index is 10.2. The first-order valence-electron chi connectivity index (χ1n) is 6.85. The Morgan fingerprint density at radius 2 is 1.91 bits per heavy atom. The Balaban J connectivity index is 1.69. The Morgan fingerprint density at radius 3 is 2.57 bits per heavy atom. The van der Waals surface area contributed by atoms with Gasteiger partial charge in [0, 0.05) is 5.02 Å². The average molecular weight is 350 g/mol. The highest BCUT2D eigenvalue weighted by molar-refractivity contribution is 6.35. The third kappa shape index (κ3) is 4.01. The summed E-state index contributed by atoms with van der Waals surface area (Å²) in [4.78, 5) is 3.84. The van der Waals surface area contributed by atoms with Crippen molar-refractivity contribution in [1.82, 2.24) is 14.8 Å².